The smallest absolute Gasteiger partial charge is 0.268 e. The molecule has 0 amide bonds. The molecule has 7 nitrogen and oxygen atoms in total. The van der Waals surface area contributed by atoms with Crippen LogP contribution in [0.3, 0.4) is 0 Å². The van der Waals surface area contributed by atoms with E-state index in [1.54, 1.807) is 6.92 Å². The number of hydrogen-bond donors (Lipinski definition) is 2. The van der Waals surface area contributed by atoms with Crippen molar-refractivity contribution < 1.29 is 33.5 Å². The second-order valence-electron chi connectivity index (χ2n) is 8.61. The van der Waals surface area contributed by atoms with Gasteiger partial charge in [0.05, 0.1) is 18.8 Å². The molecule has 1 fully saturated rings. The zero-order valence-electron chi connectivity index (χ0n) is 18.5. The first kappa shape index (κ1) is 27.0. The summed E-state index contributed by atoms with van der Waals surface area (Å²) in [5.41, 5.74) is 0. The maximum atomic E-state index is 12.2. The summed E-state index contributed by atoms with van der Waals surface area (Å²) in [7, 11) is -4.47. The maximum absolute atomic E-state index is 12.2. The Morgan fingerprint density at radius 2 is 1.52 bits per heavy atom. The molecule has 1 saturated heterocycles. The lowest BCUT2D eigenvalue weighted by molar-refractivity contribution is -0.233. The predicted octanol–water partition coefficient (Wildman–Crippen LogP) is 3.94. The lowest BCUT2D eigenvalue weighted by atomic mass is 10.00. The average Bonchev–Trinajstić information content (AvgIpc) is 2.89. The van der Waals surface area contributed by atoms with Gasteiger partial charge in [0.25, 0.3) is 7.82 Å². The Hall–Kier alpha value is -0.0100. The van der Waals surface area contributed by atoms with Crippen LogP contribution in [0.1, 0.15) is 91.4 Å². The normalized spacial score (nSPS) is 26.9. The molecule has 2 N–H and O–H groups in total. The monoisotopic (exact) mass is 437 g/mol. The van der Waals surface area contributed by atoms with Crippen LogP contribution in [0.2, 0.25) is 0 Å². The molecule has 0 spiro atoms. The highest BCUT2D eigenvalue weighted by atomic mass is 31.2. The van der Waals surface area contributed by atoms with Gasteiger partial charge in [-0.25, -0.2) is 0 Å². The van der Waals surface area contributed by atoms with Crippen LogP contribution < -0.4 is 4.89 Å². The van der Waals surface area contributed by atoms with E-state index in [2.05, 4.69) is 0 Å². The topological polar surface area (TPSA) is 108 Å². The third kappa shape index (κ3) is 11.8. The van der Waals surface area contributed by atoms with Gasteiger partial charge in [0.15, 0.2) is 0 Å². The van der Waals surface area contributed by atoms with Gasteiger partial charge >= 0.3 is 0 Å². The zero-order valence-corrected chi connectivity index (χ0v) is 19.4. The fraction of sp³-hybridized carbons (Fsp3) is 1.00. The quantitative estimate of drug-likeness (QED) is 0.262. The summed E-state index contributed by atoms with van der Waals surface area (Å²) in [5, 5.41) is 18.9. The van der Waals surface area contributed by atoms with Crippen LogP contribution in [0.15, 0.2) is 0 Å². The fourth-order valence-corrected chi connectivity index (χ4v) is 4.66. The largest absolute Gasteiger partial charge is 0.756 e. The molecule has 0 bridgehead atoms. The highest BCUT2D eigenvalue weighted by molar-refractivity contribution is 7.45. The van der Waals surface area contributed by atoms with Crippen LogP contribution in [-0.2, 0) is 18.3 Å². The highest BCUT2D eigenvalue weighted by Crippen LogP contribution is 2.44. The molecule has 1 aliphatic heterocycles. The third-order valence-corrected chi connectivity index (χ3v) is 6.33. The van der Waals surface area contributed by atoms with Crippen molar-refractivity contribution in [3.05, 3.63) is 0 Å². The van der Waals surface area contributed by atoms with Crippen LogP contribution in [-0.4, -0.2) is 47.8 Å². The molecule has 0 aromatic heterocycles. The van der Waals surface area contributed by atoms with Crippen molar-refractivity contribution in [1.29, 1.82) is 0 Å². The van der Waals surface area contributed by atoms with E-state index in [0.29, 0.717) is 18.8 Å². The number of hydrogen-bond acceptors (Lipinski definition) is 7. The summed E-state index contributed by atoms with van der Waals surface area (Å²) in [5.74, 6) is 0.302. The van der Waals surface area contributed by atoms with Crippen LogP contribution in [0.5, 0.6) is 0 Å². The molecule has 1 unspecified atom stereocenters. The van der Waals surface area contributed by atoms with Gasteiger partial charge in [-0.15, -0.1) is 0 Å². The van der Waals surface area contributed by atoms with Crippen molar-refractivity contribution in [2.45, 2.75) is 116 Å². The van der Waals surface area contributed by atoms with Crippen molar-refractivity contribution in [2.75, 3.05) is 13.2 Å². The lowest BCUT2D eigenvalue weighted by Gasteiger charge is -2.30. The van der Waals surface area contributed by atoms with E-state index in [9.17, 15) is 14.6 Å². The molecule has 1 aliphatic rings. The van der Waals surface area contributed by atoms with Crippen molar-refractivity contribution in [2.24, 2.45) is 5.92 Å². The van der Waals surface area contributed by atoms with Gasteiger partial charge < -0.3 is 28.9 Å². The minimum absolute atomic E-state index is 0.107. The summed E-state index contributed by atoms with van der Waals surface area (Å²) >= 11 is 0. The van der Waals surface area contributed by atoms with Crippen LogP contribution in [0.4, 0.5) is 0 Å². The molecule has 174 valence electrons. The first-order valence-corrected chi connectivity index (χ1v) is 12.8. The van der Waals surface area contributed by atoms with E-state index >= 15 is 0 Å². The van der Waals surface area contributed by atoms with Gasteiger partial charge in [0.2, 0.25) is 0 Å². The zero-order chi connectivity index (χ0) is 21.7. The predicted molar refractivity (Wildman–Crippen MR) is 111 cm³/mol. The minimum atomic E-state index is -4.47. The Kier molecular flexibility index (Phi) is 13.9. The molecule has 8 heteroatoms. The maximum Gasteiger partial charge on any atom is 0.268 e. The summed E-state index contributed by atoms with van der Waals surface area (Å²) in [6, 6.07) is 0. The van der Waals surface area contributed by atoms with Crippen molar-refractivity contribution in [3.63, 3.8) is 0 Å². The number of aliphatic hydroxyl groups excluding tert-OH is 2. The molecule has 29 heavy (non-hydrogen) atoms. The molecule has 5 atom stereocenters. The van der Waals surface area contributed by atoms with Crippen LogP contribution in [0, 0.1) is 5.92 Å². The standard InChI is InChI=1S/C21H43O7P/c1-17(2)16-19-21(20(23)18(3)27-19)28-29(24,25)26-15-13-11-9-7-5-4-6-8-10-12-14-22/h17-23H,4-16H2,1-3H3,(H,24,25)/p-1/t18-,19+,20-,21+/m0/s1. The van der Waals surface area contributed by atoms with Crippen LogP contribution in [0.25, 0.3) is 0 Å². The number of ether oxygens (including phenoxy) is 1. The third-order valence-electron chi connectivity index (χ3n) is 5.33. The number of unbranched alkanes of at least 4 members (excludes halogenated alkanes) is 9. The fourth-order valence-electron chi connectivity index (χ4n) is 3.69. The SMILES string of the molecule is CC(C)C[C@H]1O[C@@H](C)[C@H](O)[C@@H]1OP(=O)([O-])OCCCCCCCCCCCCO. The Bertz CT molecular complexity index is 458. The lowest BCUT2D eigenvalue weighted by Crippen LogP contribution is -2.36. The van der Waals surface area contributed by atoms with Gasteiger partial charge in [-0.3, -0.25) is 4.57 Å². The van der Waals surface area contributed by atoms with E-state index < -0.39 is 32.2 Å². The molecular weight excluding hydrogens is 395 g/mol. The second kappa shape index (κ2) is 14.9. The van der Waals surface area contributed by atoms with Gasteiger partial charge in [0, 0.05) is 6.61 Å². The molecule has 0 aliphatic carbocycles. The number of phosphoric ester groups is 1. The molecule has 0 aromatic carbocycles. The van der Waals surface area contributed by atoms with Gasteiger partial charge in [-0.2, -0.15) is 0 Å². The molecule has 0 aromatic rings. The molecular formula is C21H42O7P-. The van der Waals surface area contributed by atoms with Crippen LogP contribution >= 0.6 is 7.82 Å². The molecule has 0 saturated carbocycles. The number of rotatable bonds is 17. The summed E-state index contributed by atoms with van der Waals surface area (Å²) in [4.78, 5) is 12.2. The summed E-state index contributed by atoms with van der Waals surface area (Å²) in [6.07, 6.45) is 8.43. The Morgan fingerprint density at radius 3 is 2.03 bits per heavy atom. The molecule has 1 heterocycles. The second-order valence-corrected chi connectivity index (χ2v) is 9.97. The molecule has 1 rings (SSSR count). The highest BCUT2D eigenvalue weighted by Gasteiger charge is 2.44. The molecule has 0 radical (unpaired) electrons. The van der Waals surface area contributed by atoms with Gasteiger partial charge in [-0.05, 0) is 32.1 Å². The first-order chi connectivity index (χ1) is 13.8. The van der Waals surface area contributed by atoms with E-state index in [1.165, 1.54) is 25.7 Å². The van der Waals surface area contributed by atoms with Crippen molar-refractivity contribution in [1.82, 2.24) is 0 Å². The van der Waals surface area contributed by atoms with Crippen molar-refractivity contribution in [3.8, 4) is 0 Å². The number of phosphoric acid groups is 1. The van der Waals surface area contributed by atoms with Crippen molar-refractivity contribution >= 4 is 7.82 Å². The Labute approximate surface area is 176 Å². The van der Waals surface area contributed by atoms with E-state index in [1.807, 2.05) is 13.8 Å². The first-order valence-electron chi connectivity index (χ1n) is 11.3. The van der Waals surface area contributed by atoms with E-state index in [4.69, 9.17) is 18.9 Å². The minimum Gasteiger partial charge on any atom is -0.756 e. The van der Waals surface area contributed by atoms with Gasteiger partial charge in [0.1, 0.15) is 12.2 Å². The van der Waals surface area contributed by atoms with Gasteiger partial charge in [-0.1, -0.05) is 65.2 Å². The van der Waals surface area contributed by atoms with E-state index in [-0.39, 0.29) is 13.2 Å². The van der Waals surface area contributed by atoms with E-state index in [0.717, 1.165) is 32.1 Å². The Morgan fingerprint density at radius 1 is 1.00 bits per heavy atom. The number of aliphatic hydroxyl groups is 2. The Balaban J connectivity index is 2.15. The average molecular weight is 438 g/mol. The summed E-state index contributed by atoms with van der Waals surface area (Å²) < 4.78 is 28.0. The summed E-state index contributed by atoms with van der Waals surface area (Å²) in [6.45, 7) is 6.14.